The van der Waals surface area contributed by atoms with Crippen LogP contribution in [-0.2, 0) is 0 Å². The first-order chi connectivity index (χ1) is 7.33. The highest BCUT2D eigenvalue weighted by molar-refractivity contribution is 5.53. The molecule has 0 saturated carbocycles. The minimum Gasteiger partial charge on any atom is -0.491 e. The predicted molar refractivity (Wildman–Crippen MR) is 56.3 cm³/mol. The third-order valence-corrected chi connectivity index (χ3v) is 2.00. The fourth-order valence-electron chi connectivity index (χ4n) is 1.19. The summed E-state index contributed by atoms with van der Waals surface area (Å²) in [5, 5.41) is 17.7. The largest absolute Gasteiger partial charge is 0.491 e. The van der Waals surface area contributed by atoms with E-state index in [0.717, 1.165) is 12.8 Å². The van der Waals surface area contributed by atoms with E-state index in [9.17, 15) is 0 Å². The van der Waals surface area contributed by atoms with Crippen molar-refractivity contribution in [3.05, 3.63) is 29.3 Å². The van der Waals surface area contributed by atoms with E-state index in [-0.39, 0.29) is 0 Å². The molecule has 15 heavy (non-hydrogen) atoms. The molecule has 1 rings (SSSR count). The second kappa shape index (κ2) is 5.67. The molecule has 76 valence electrons. The molecule has 0 aliphatic heterocycles. The average molecular weight is 200 g/mol. The normalized spacial score (nSPS) is 9.00. The first-order valence-corrected chi connectivity index (χ1v) is 4.89. The average Bonchev–Trinajstić information content (AvgIpc) is 2.29. The number of ether oxygens (including phenoxy) is 1. The molecule has 0 aromatic heterocycles. The molecule has 0 aliphatic carbocycles. The van der Waals surface area contributed by atoms with E-state index < -0.39 is 0 Å². The maximum absolute atomic E-state index is 8.86. The molecule has 0 amide bonds. The number of rotatable bonds is 4. The predicted octanol–water partition coefficient (Wildman–Crippen LogP) is 2.61. The van der Waals surface area contributed by atoms with Crippen LogP contribution in [0.3, 0.4) is 0 Å². The zero-order valence-electron chi connectivity index (χ0n) is 8.66. The summed E-state index contributed by atoms with van der Waals surface area (Å²) >= 11 is 0. The van der Waals surface area contributed by atoms with Crippen LogP contribution in [0.4, 0.5) is 0 Å². The molecule has 1 aromatic rings. The molecular weight excluding hydrogens is 188 g/mol. The van der Waals surface area contributed by atoms with Gasteiger partial charge in [-0.2, -0.15) is 10.5 Å². The SMILES string of the molecule is CCCCOc1c(C#N)cccc1C#N. The molecule has 0 bridgehead atoms. The third kappa shape index (κ3) is 2.72. The summed E-state index contributed by atoms with van der Waals surface area (Å²) in [6, 6.07) is 9.04. The van der Waals surface area contributed by atoms with Crippen molar-refractivity contribution in [1.29, 1.82) is 10.5 Å². The number of nitrogens with zero attached hydrogens (tertiary/aromatic N) is 2. The molecule has 0 spiro atoms. The van der Waals surface area contributed by atoms with Crippen molar-refractivity contribution in [2.75, 3.05) is 6.61 Å². The smallest absolute Gasteiger partial charge is 0.154 e. The Kier molecular flexibility index (Phi) is 4.19. The topological polar surface area (TPSA) is 56.8 Å². The van der Waals surface area contributed by atoms with Gasteiger partial charge in [-0.25, -0.2) is 0 Å². The Morgan fingerprint density at radius 1 is 1.20 bits per heavy atom. The highest BCUT2D eigenvalue weighted by Gasteiger charge is 2.08. The van der Waals surface area contributed by atoms with E-state index >= 15 is 0 Å². The van der Waals surface area contributed by atoms with Gasteiger partial charge in [0.2, 0.25) is 0 Å². The second-order valence-corrected chi connectivity index (χ2v) is 3.11. The maximum Gasteiger partial charge on any atom is 0.154 e. The minimum atomic E-state index is 0.413. The van der Waals surface area contributed by atoms with Crippen molar-refractivity contribution in [2.24, 2.45) is 0 Å². The monoisotopic (exact) mass is 200 g/mol. The van der Waals surface area contributed by atoms with Crippen LogP contribution in [0, 0.1) is 22.7 Å². The van der Waals surface area contributed by atoms with Gasteiger partial charge < -0.3 is 4.74 Å². The summed E-state index contributed by atoms with van der Waals surface area (Å²) in [6.45, 7) is 2.61. The first-order valence-electron chi connectivity index (χ1n) is 4.89. The van der Waals surface area contributed by atoms with Gasteiger partial charge in [0, 0.05) is 0 Å². The Bertz CT molecular complexity index is 380. The van der Waals surface area contributed by atoms with Gasteiger partial charge in [0.15, 0.2) is 5.75 Å². The molecule has 3 heteroatoms. The van der Waals surface area contributed by atoms with E-state index in [2.05, 4.69) is 6.92 Å². The van der Waals surface area contributed by atoms with Gasteiger partial charge in [-0.05, 0) is 18.6 Å². The highest BCUT2D eigenvalue weighted by Crippen LogP contribution is 2.22. The van der Waals surface area contributed by atoms with Gasteiger partial charge in [-0.1, -0.05) is 19.4 Å². The fraction of sp³-hybridized carbons (Fsp3) is 0.333. The summed E-state index contributed by atoms with van der Waals surface area (Å²) in [5.74, 6) is 0.413. The van der Waals surface area contributed by atoms with Crippen molar-refractivity contribution in [1.82, 2.24) is 0 Å². The summed E-state index contributed by atoms with van der Waals surface area (Å²) < 4.78 is 5.45. The van der Waals surface area contributed by atoms with E-state index in [1.807, 2.05) is 12.1 Å². The lowest BCUT2D eigenvalue weighted by molar-refractivity contribution is 0.307. The summed E-state index contributed by atoms with van der Waals surface area (Å²) in [6.07, 6.45) is 1.95. The third-order valence-electron chi connectivity index (χ3n) is 2.00. The molecule has 0 fully saturated rings. The molecule has 0 atom stereocenters. The van der Waals surface area contributed by atoms with Crippen LogP contribution in [0.15, 0.2) is 18.2 Å². The standard InChI is InChI=1S/C12H12N2O/c1-2-3-7-15-12-10(8-13)5-4-6-11(12)9-14/h4-6H,2-3,7H2,1H3. The van der Waals surface area contributed by atoms with Crippen molar-refractivity contribution < 1.29 is 4.74 Å². The molecule has 0 heterocycles. The van der Waals surface area contributed by atoms with E-state index in [1.54, 1.807) is 18.2 Å². The zero-order valence-corrected chi connectivity index (χ0v) is 8.66. The highest BCUT2D eigenvalue weighted by atomic mass is 16.5. The minimum absolute atomic E-state index is 0.413. The zero-order chi connectivity index (χ0) is 11.1. The number of nitriles is 2. The number of hydrogen-bond acceptors (Lipinski definition) is 3. The molecule has 0 aliphatic rings. The lowest BCUT2D eigenvalue weighted by Gasteiger charge is -2.08. The van der Waals surface area contributed by atoms with Crippen molar-refractivity contribution in [2.45, 2.75) is 19.8 Å². The Morgan fingerprint density at radius 2 is 1.80 bits per heavy atom. The van der Waals surface area contributed by atoms with Crippen molar-refractivity contribution >= 4 is 0 Å². The van der Waals surface area contributed by atoms with Gasteiger partial charge in [-0.15, -0.1) is 0 Å². The van der Waals surface area contributed by atoms with Crippen LogP contribution in [0.1, 0.15) is 30.9 Å². The first kappa shape index (κ1) is 11.1. The Balaban J connectivity index is 2.93. The number of benzene rings is 1. The quantitative estimate of drug-likeness (QED) is 0.702. The molecule has 0 radical (unpaired) electrons. The van der Waals surface area contributed by atoms with Crippen LogP contribution in [0.25, 0.3) is 0 Å². The lowest BCUT2D eigenvalue weighted by Crippen LogP contribution is -2.00. The Morgan fingerprint density at radius 3 is 2.27 bits per heavy atom. The summed E-state index contributed by atoms with van der Waals surface area (Å²) in [5.41, 5.74) is 0.843. The van der Waals surface area contributed by atoms with Crippen LogP contribution in [0.5, 0.6) is 5.75 Å². The maximum atomic E-state index is 8.86. The Labute approximate surface area is 89.5 Å². The number of hydrogen-bond donors (Lipinski definition) is 0. The van der Waals surface area contributed by atoms with Gasteiger partial charge in [0.25, 0.3) is 0 Å². The lowest BCUT2D eigenvalue weighted by atomic mass is 10.1. The molecule has 0 N–H and O–H groups in total. The number of para-hydroxylation sites is 1. The van der Waals surface area contributed by atoms with Crippen LogP contribution >= 0.6 is 0 Å². The van der Waals surface area contributed by atoms with Crippen LogP contribution in [-0.4, -0.2) is 6.61 Å². The van der Waals surface area contributed by atoms with Crippen molar-refractivity contribution in [3.8, 4) is 17.9 Å². The van der Waals surface area contributed by atoms with E-state index in [1.165, 1.54) is 0 Å². The van der Waals surface area contributed by atoms with Crippen molar-refractivity contribution in [3.63, 3.8) is 0 Å². The van der Waals surface area contributed by atoms with E-state index in [0.29, 0.717) is 23.5 Å². The molecule has 3 nitrogen and oxygen atoms in total. The van der Waals surface area contributed by atoms with Gasteiger partial charge in [-0.3, -0.25) is 0 Å². The van der Waals surface area contributed by atoms with E-state index in [4.69, 9.17) is 15.3 Å². The molecular formula is C12H12N2O. The molecule has 1 aromatic carbocycles. The summed E-state index contributed by atoms with van der Waals surface area (Å²) in [7, 11) is 0. The molecule has 0 unspecified atom stereocenters. The van der Waals surface area contributed by atoms with Gasteiger partial charge in [0.1, 0.15) is 12.1 Å². The van der Waals surface area contributed by atoms with Crippen LogP contribution in [0.2, 0.25) is 0 Å². The fourth-order valence-corrected chi connectivity index (χ4v) is 1.19. The number of unbranched alkanes of at least 4 members (excludes halogenated alkanes) is 1. The van der Waals surface area contributed by atoms with Gasteiger partial charge in [0.05, 0.1) is 17.7 Å². The summed E-state index contributed by atoms with van der Waals surface area (Å²) in [4.78, 5) is 0. The van der Waals surface area contributed by atoms with Gasteiger partial charge >= 0.3 is 0 Å². The molecule has 0 saturated heterocycles. The second-order valence-electron chi connectivity index (χ2n) is 3.11. The Hall–Kier alpha value is -2.00. The van der Waals surface area contributed by atoms with Crippen LogP contribution < -0.4 is 4.74 Å².